The van der Waals surface area contributed by atoms with Gasteiger partial charge in [-0.3, -0.25) is 0 Å². The summed E-state index contributed by atoms with van der Waals surface area (Å²) in [6, 6.07) is 6.34. The van der Waals surface area contributed by atoms with E-state index in [1.165, 1.54) is 24.5 Å². The van der Waals surface area contributed by atoms with Gasteiger partial charge < -0.3 is 9.30 Å². The zero-order valence-corrected chi connectivity index (χ0v) is 18.9. The topological polar surface area (TPSA) is 110 Å². The van der Waals surface area contributed by atoms with Crippen LogP contribution in [0.3, 0.4) is 0 Å². The number of benzene rings is 1. The Balaban J connectivity index is 1.76. The van der Waals surface area contributed by atoms with Crippen LogP contribution in [0.4, 0.5) is 8.78 Å². The van der Waals surface area contributed by atoms with E-state index in [0.717, 1.165) is 12.8 Å². The molecule has 0 spiro atoms. The summed E-state index contributed by atoms with van der Waals surface area (Å²) in [6.45, 7) is 1.26. The molecule has 8 nitrogen and oxygen atoms in total. The van der Waals surface area contributed by atoms with Gasteiger partial charge in [-0.1, -0.05) is 6.92 Å². The number of nitrogens with one attached hydrogen (secondary N) is 1. The van der Waals surface area contributed by atoms with Crippen LogP contribution in [0.15, 0.2) is 35.5 Å². The average molecular weight is 476 g/mol. The van der Waals surface area contributed by atoms with Gasteiger partial charge in [0.25, 0.3) is 0 Å². The molecule has 0 saturated heterocycles. The van der Waals surface area contributed by atoms with Gasteiger partial charge in [0.2, 0.25) is 10.0 Å². The quantitative estimate of drug-likeness (QED) is 0.500. The van der Waals surface area contributed by atoms with Gasteiger partial charge in [-0.15, -0.1) is 0 Å². The molecule has 1 atom stereocenters. The molecule has 174 valence electrons. The van der Waals surface area contributed by atoms with Crippen molar-refractivity contribution in [3.63, 3.8) is 0 Å². The molecule has 11 heteroatoms. The minimum absolute atomic E-state index is 0.0263. The van der Waals surface area contributed by atoms with Gasteiger partial charge >= 0.3 is 6.61 Å². The number of sulfonamides is 1. The second kappa shape index (κ2) is 9.03. The van der Waals surface area contributed by atoms with Crippen molar-refractivity contribution in [3.8, 4) is 23.3 Å². The number of hydrogen-bond donors (Lipinski definition) is 1. The number of nitrogens with zero attached hydrogens (tertiary/aromatic N) is 4. The number of aromatic nitrogens is 3. The van der Waals surface area contributed by atoms with Crippen LogP contribution in [0, 0.1) is 17.2 Å². The highest BCUT2D eigenvalue weighted by atomic mass is 32.2. The molecule has 4 rings (SSSR count). The van der Waals surface area contributed by atoms with Gasteiger partial charge in [0.05, 0.1) is 23.5 Å². The second-order valence-corrected chi connectivity index (χ2v) is 9.75. The van der Waals surface area contributed by atoms with E-state index in [2.05, 4.69) is 25.5 Å². The van der Waals surface area contributed by atoms with E-state index in [-0.39, 0.29) is 28.1 Å². The third kappa shape index (κ3) is 4.67. The predicted octanol–water partition coefficient (Wildman–Crippen LogP) is 4.06. The first-order chi connectivity index (χ1) is 15.7. The fraction of sp³-hybridized carbons (Fsp3) is 0.409. The van der Waals surface area contributed by atoms with E-state index >= 15 is 0 Å². The molecule has 1 aliphatic rings. The van der Waals surface area contributed by atoms with Crippen LogP contribution in [-0.4, -0.2) is 35.6 Å². The van der Waals surface area contributed by atoms with Crippen molar-refractivity contribution in [2.45, 2.75) is 57.2 Å². The van der Waals surface area contributed by atoms with Gasteiger partial charge in [-0.05, 0) is 44.2 Å². The summed E-state index contributed by atoms with van der Waals surface area (Å²) in [5.74, 6) is 0.491. The summed E-state index contributed by atoms with van der Waals surface area (Å²) >= 11 is 0. The van der Waals surface area contributed by atoms with Crippen molar-refractivity contribution in [3.05, 3.63) is 36.2 Å². The molecule has 1 aliphatic carbocycles. The molecule has 0 amide bonds. The molecule has 1 fully saturated rings. The largest absolute Gasteiger partial charge is 0.435 e. The van der Waals surface area contributed by atoms with Crippen LogP contribution in [0.25, 0.3) is 22.4 Å². The SMILES string of the molecule is CCCn1c(-c2ncc(S(=O)(=O)N[C@@H](C)C3CC3)cn2)c(C#N)c2ccc(OC(F)F)cc21. The molecule has 1 aromatic carbocycles. The zero-order valence-electron chi connectivity index (χ0n) is 18.1. The first kappa shape index (κ1) is 23.1. The molecular weight excluding hydrogens is 452 g/mol. The highest BCUT2D eigenvalue weighted by molar-refractivity contribution is 7.89. The van der Waals surface area contributed by atoms with E-state index in [1.54, 1.807) is 10.6 Å². The zero-order chi connectivity index (χ0) is 23.8. The Bertz CT molecular complexity index is 1310. The Morgan fingerprint density at radius 3 is 2.58 bits per heavy atom. The Labute approximate surface area is 190 Å². The third-order valence-corrected chi connectivity index (χ3v) is 7.15. The van der Waals surface area contributed by atoms with E-state index in [1.807, 2.05) is 13.8 Å². The minimum Gasteiger partial charge on any atom is -0.435 e. The van der Waals surface area contributed by atoms with Crippen LogP contribution in [0.2, 0.25) is 0 Å². The molecule has 0 bridgehead atoms. The molecule has 1 N–H and O–H groups in total. The van der Waals surface area contributed by atoms with Crippen molar-refractivity contribution in [2.75, 3.05) is 0 Å². The summed E-state index contributed by atoms with van der Waals surface area (Å²) in [4.78, 5) is 8.43. The number of ether oxygens (including phenoxy) is 1. The summed E-state index contributed by atoms with van der Waals surface area (Å²) in [5, 5.41) is 10.4. The normalized spacial score (nSPS) is 15.0. The van der Waals surface area contributed by atoms with Crippen molar-refractivity contribution >= 4 is 20.9 Å². The van der Waals surface area contributed by atoms with Crippen LogP contribution < -0.4 is 9.46 Å². The molecule has 0 radical (unpaired) electrons. The van der Waals surface area contributed by atoms with Crippen molar-refractivity contribution in [1.82, 2.24) is 19.3 Å². The Hall–Kier alpha value is -3.10. The number of halogens is 2. The molecule has 0 unspecified atom stereocenters. The highest BCUT2D eigenvalue weighted by Gasteiger charge is 2.31. The van der Waals surface area contributed by atoms with E-state index in [9.17, 15) is 22.5 Å². The van der Waals surface area contributed by atoms with E-state index in [4.69, 9.17) is 0 Å². The second-order valence-electron chi connectivity index (χ2n) is 8.03. The number of rotatable bonds is 9. The van der Waals surface area contributed by atoms with Crippen LogP contribution in [0.5, 0.6) is 5.75 Å². The summed E-state index contributed by atoms with van der Waals surface area (Å²) in [7, 11) is -3.78. The van der Waals surface area contributed by atoms with Gasteiger partial charge in [0.15, 0.2) is 5.82 Å². The lowest BCUT2D eigenvalue weighted by Crippen LogP contribution is -2.34. The summed E-state index contributed by atoms with van der Waals surface area (Å²) in [6.07, 6.45) is 5.12. The third-order valence-electron chi connectivity index (χ3n) is 5.64. The van der Waals surface area contributed by atoms with Crippen molar-refractivity contribution in [1.29, 1.82) is 5.26 Å². The summed E-state index contributed by atoms with van der Waals surface area (Å²) < 4.78 is 59.6. The Kier molecular flexibility index (Phi) is 6.32. The predicted molar refractivity (Wildman–Crippen MR) is 117 cm³/mol. The molecule has 2 heterocycles. The standard InChI is InChI=1S/C22H23F2N5O3S/c1-3-8-29-19-9-15(32-22(23)24)6-7-17(19)18(10-25)20(29)21-26-11-16(12-27-21)33(30,31)28-13(2)14-4-5-14/h6-7,9,11-14,22,28H,3-5,8H2,1-2H3/t13-/m0/s1. The lowest BCUT2D eigenvalue weighted by atomic mass is 10.1. The van der Waals surface area contributed by atoms with Crippen molar-refractivity contribution in [2.24, 2.45) is 5.92 Å². The number of aryl methyl sites for hydroxylation is 1. The van der Waals surface area contributed by atoms with Gasteiger partial charge in [0, 0.05) is 24.0 Å². The van der Waals surface area contributed by atoms with E-state index in [0.29, 0.717) is 35.5 Å². The highest BCUT2D eigenvalue weighted by Crippen LogP contribution is 2.35. The number of nitriles is 1. The first-order valence-corrected chi connectivity index (χ1v) is 12.1. The average Bonchev–Trinajstić information content (AvgIpc) is 3.58. The van der Waals surface area contributed by atoms with Gasteiger partial charge in [0.1, 0.15) is 22.4 Å². The summed E-state index contributed by atoms with van der Waals surface area (Å²) in [5.41, 5.74) is 1.20. The fourth-order valence-electron chi connectivity index (χ4n) is 3.89. The first-order valence-electron chi connectivity index (χ1n) is 10.6. The molecule has 0 aliphatic heterocycles. The lowest BCUT2D eigenvalue weighted by Gasteiger charge is -2.13. The lowest BCUT2D eigenvalue weighted by molar-refractivity contribution is -0.0497. The maximum atomic E-state index is 12.7. The Morgan fingerprint density at radius 2 is 2.00 bits per heavy atom. The minimum atomic E-state index is -3.78. The molecular formula is C22H23F2N5O3S. The monoisotopic (exact) mass is 475 g/mol. The van der Waals surface area contributed by atoms with Crippen LogP contribution in [-0.2, 0) is 16.6 Å². The van der Waals surface area contributed by atoms with Crippen LogP contribution >= 0.6 is 0 Å². The maximum Gasteiger partial charge on any atom is 0.387 e. The molecule has 33 heavy (non-hydrogen) atoms. The van der Waals surface area contributed by atoms with E-state index < -0.39 is 16.6 Å². The molecule has 2 aromatic heterocycles. The van der Waals surface area contributed by atoms with Gasteiger partial charge in [-0.2, -0.15) is 14.0 Å². The van der Waals surface area contributed by atoms with Crippen LogP contribution in [0.1, 0.15) is 38.7 Å². The smallest absolute Gasteiger partial charge is 0.387 e. The number of alkyl halides is 2. The Morgan fingerprint density at radius 1 is 1.30 bits per heavy atom. The molecule has 3 aromatic rings. The number of fused-ring (bicyclic) bond motifs is 1. The fourth-order valence-corrected chi connectivity index (χ4v) is 5.09. The molecule has 1 saturated carbocycles. The van der Waals surface area contributed by atoms with Gasteiger partial charge in [-0.25, -0.2) is 23.1 Å². The van der Waals surface area contributed by atoms with Crippen molar-refractivity contribution < 1.29 is 21.9 Å². The number of hydrogen-bond acceptors (Lipinski definition) is 6. The maximum absolute atomic E-state index is 12.7.